The quantitative estimate of drug-likeness (QED) is 0.747. The van der Waals surface area contributed by atoms with Gasteiger partial charge in [-0.2, -0.15) is 0 Å². The van der Waals surface area contributed by atoms with Crippen LogP contribution in [0.25, 0.3) is 5.57 Å². The minimum absolute atomic E-state index is 0.133. The maximum Gasteiger partial charge on any atom is 0.407 e. The summed E-state index contributed by atoms with van der Waals surface area (Å²) in [7, 11) is 0. The minimum Gasteiger partial charge on any atom is -0.465 e. The van der Waals surface area contributed by atoms with E-state index in [1.807, 2.05) is 12.1 Å². The molecule has 2 unspecified atom stereocenters. The van der Waals surface area contributed by atoms with Gasteiger partial charge in [-0.3, -0.25) is 4.98 Å². The fourth-order valence-corrected chi connectivity index (χ4v) is 4.13. The Bertz CT molecular complexity index is 700. The van der Waals surface area contributed by atoms with Crippen LogP contribution < -0.4 is 0 Å². The SMILES string of the molecule is CC(C)(C)C1CC2(CCN1C(=O)O)Cc1ncccc1C2=C=O. The monoisotopic (exact) mass is 314 g/mol. The van der Waals surface area contributed by atoms with Crippen molar-refractivity contribution in [3.05, 3.63) is 29.6 Å². The molecule has 23 heavy (non-hydrogen) atoms. The van der Waals surface area contributed by atoms with Gasteiger partial charge in [-0.1, -0.05) is 26.8 Å². The van der Waals surface area contributed by atoms with Crippen LogP contribution in [-0.2, 0) is 11.2 Å². The number of carbonyl (C=O) groups is 1. The Morgan fingerprint density at radius 3 is 2.83 bits per heavy atom. The van der Waals surface area contributed by atoms with Gasteiger partial charge in [0.15, 0.2) is 0 Å². The van der Waals surface area contributed by atoms with Crippen LogP contribution in [0.3, 0.4) is 0 Å². The lowest BCUT2D eigenvalue weighted by Crippen LogP contribution is -2.54. The van der Waals surface area contributed by atoms with Gasteiger partial charge in [0.25, 0.3) is 0 Å². The minimum atomic E-state index is -0.884. The number of hydrogen-bond donors (Lipinski definition) is 1. The first kappa shape index (κ1) is 15.8. The highest BCUT2D eigenvalue weighted by Crippen LogP contribution is 2.54. The molecule has 3 rings (SSSR count). The van der Waals surface area contributed by atoms with E-state index in [0.29, 0.717) is 31.4 Å². The molecular weight excluding hydrogens is 292 g/mol. The average Bonchev–Trinajstić information content (AvgIpc) is 2.78. The number of carbonyl (C=O) groups excluding carboxylic acids is 1. The van der Waals surface area contributed by atoms with Crippen LogP contribution in [0.5, 0.6) is 0 Å². The third kappa shape index (κ3) is 2.45. The maximum absolute atomic E-state index is 11.7. The molecule has 2 atom stereocenters. The molecule has 2 aliphatic rings. The van der Waals surface area contributed by atoms with Crippen molar-refractivity contribution < 1.29 is 14.7 Å². The fraction of sp³-hybridized carbons (Fsp3) is 0.556. The first-order valence-electron chi connectivity index (χ1n) is 7.98. The Balaban J connectivity index is 2.02. The van der Waals surface area contributed by atoms with Crippen molar-refractivity contribution in [2.45, 2.75) is 46.1 Å². The maximum atomic E-state index is 11.7. The highest BCUT2D eigenvalue weighted by molar-refractivity contribution is 5.94. The molecule has 1 saturated heterocycles. The van der Waals surface area contributed by atoms with Crippen LogP contribution in [0.2, 0.25) is 0 Å². The van der Waals surface area contributed by atoms with Gasteiger partial charge in [-0.15, -0.1) is 0 Å². The topological polar surface area (TPSA) is 70.5 Å². The van der Waals surface area contributed by atoms with Gasteiger partial charge in [0.2, 0.25) is 0 Å². The molecule has 1 aromatic heterocycles. The predicted molar refractivity (Wildman–Crippen MR) is 86.7 cm³/mol. The summed E-state index contributed by atoms with van der Waals surface area (Å²) in [4.78, 5) is 29.3. The average molecular weight is 314 g/mol. The number of aromatic nitrogens is 1. The summed E-state index contributed by atoms with van der Waals surface area (Å²) in [6.07, 6.45) is 2.85. The number of rotatable bonds is 0. The van der Waals surface area contributed by atoms with Gasteiger partial charge in [0.1, 0.15) is 5.94 Å². The van der Waals surface area contributed by atoms with Crippen molar-refractivity contribution in [2.75, 3.05) is 6.54 Å². The first-order valence-corrected chi connectivity index (χ1v) is 7.98. The molecule has 122 valence electrons. The Labute approximate surface area is 136 Å². The van der Waals surface area contributed by atoms with Gasteiger partial charge < -0.3 is 10.0 Å². The Hall–Kier alpha value is -2.13. The Morgan fingerprint density at radius 1 is 1.48 bits per heavy atom. The van der Waals surface area contributed by atoms with Gasteiger partial charge in [-0.25, -0.2) is 9.59 Å². The second kappa shape index (κ2) is 5.20. The van der Waals surface area contributed by atoms with Crippen molar-refractivity contribution in [2.24, 2.45) is 10.8 Å². The predicted octanol–water partition coefficient (Wildman–Crippen LogP) is 3.03. The van der Waals surface area contributed by atoms with Crippen molar-refractivity contribution in [3.8, 4) is 0 Å². The molecule has 1 aliphatic carbocycles. The second-order valence-corrected chi connectivity index (χ2v) is 7.74. The van der Waals surface area contributed by atoms with E-state index in [1.165, 1.54) is 4.90 Å². The number of amides is 1. The molecular formula is C18H22N2O3. The number of nitrogens with zero attached hydrogens (tertiary/aromatic N) is 2. The summed E-state index contributed by atoms with van der Waals surface area (Å²) in [6, 6.07) is 3.63. The molecule has 2 heterocycles. The summed E-state index contributed by atoms with van der Waals surface area (Å²) >= 11 is 0. The van der Waals surface area contributed by atoms with Crippen molar-refractivity contribution in [3.63, 3.8) is 0 Å². The molecule has 5 heteroatoms. The second-order valence-electron chi connectivity index (χ2n) is 7.74. The van der Waals surface area contributed by atoms with Crippen LogP contribution >= 0.6 is 0 Å². The number of piperidine rings is 1. The van der Waals surface area contributed by atoms with Gasteiger partial charge in [0, 0.05) is 41.9 Å². The van der Waals surface area contributed by atoms with Crippen molar-refractivity contribution >= 4 is 17.6 Å². The smallest absolute Gasteiger partial charge is 0.407 e. The van der Waals surface area contributed by atoms with E-state index in [2.05, 4.69) is 31.7 Å². The Morgan fingerprint density at radius 2 is 2.22 bits per heavy atom. The highest BCUT2D eigenvalue weighted by atomic mass is 16.4. The van der Waals surface area contributed by atoms with E-state index in [0.717, 1.165) is 11.3 Å². The molecule has 1 fully saturated rings. The zero-order chi connectivity index (χ0) is 16.8. The molecule has 1 amide bonds. The molecule has 0 radical (unpaired) electrons. The van der Waals surface area contributed by atoms with Gasteiger partial charge in [-0.05, 0) is 24.3 Å². The van der Waals surface area contributed by atoms with Gasteiger partial charge in [0.05, 0.1) is 5.57 Å². The molecule has 1 N–H and O–H groups in total. The molecule has 0 bridgehead atoms. The summed E-state index contributed by atoms with van der Waals surface area (Å²) in [6.45, 7) is 6.60. The van der Waals surface area contributed by atoms with E-state index in [-0.39, 0.29) is 16.9 Å². The van der Waals surface area contributed by atoms with E-state index >= 15 is 0 Å². The third-order valence-electron chi connectivity index (χ3n) is 5.33. The Kier molecular flexibility index (Phi) is 3.56. The standard InChI is InChI=1S/C18H22N2O3/c1-17(2,3)15-10-18(6-8-20(15)16(22)23)9-14-12(13(18)11-21)5-4-7-19-14/h4-5,7,15H,6,8-10H2,1-3H3,(H,22,23). The van der Waals surface area contributed by atoms with Crippen molar-refractivity contribution in [1.29, 1.82) is 0 Å². The first-order chi connectivity index (χ1) is 10.8. The molecule has 0 aromatic carbocycles. The lowest BCUT2D eigenvalue weighted by atomic mass is 9.66. The normalized spacial score (nSPS) is 27.0. The van der Waals surface area contributed by atoms with Crippen LogP contribution in [0.4, 0.5) is 4.79 Å². The lowest BCUT2D eigenvalue weighted by molar-refractivity contribution is 0.0252. The van der Waals surface area contributed by atoms with Crippen LogP contribution in [0.15, 0.2) is 18.3 Å². The highest BCUT2D eigenvalue weighted by Gasteiger charge is 2.51. The summed E-state index contributed by atoms with van der Waals surface area (Å²) in [5.74, 6) is 2.16. The zero-order valence-electron chi connectivity index (χ0n) is 13.8. The van der Waals surface area contributed by atoms with Crippen LogP contribution in [-0.4, -0.2) is 39.6 Å². The molecule has 0 saturated carbocycles. The zero-order valence-corrected chi connectivity index (χ0v) is 13.8. The number of fused-ring (bicyclic) bond motifs is 1. The largest absolute Gasteiger partial charge is 0.465 e. The van der Waals surface area contributed by atoms with Crippen LogP contribution in [0, 0.1) is 10.8 Å². The number of hydrogen-bond acceptors (Lipinski definition) is 3. The molecule has 1 spiro atoms. The van der Waals surface area contributed by atoms with E-state index in [4.69, 9.17) is 0 Å². The summed E-state index contributed by atoms with van der Waals surface area (Å²) in [5, 5.41) is 9.53. The number of pyridine rings is 1. The molecule has 5 nitrogen and oxygen atoms in total. The number of likely N-dealkylation sites (tertiary alicyclic amines) is 1. The summed E-state index contributed by atoms with van der Waals surface area (Å²) in [5.41, 5.74) is 1.98. The number of allylic oxidation sites excluding steroid dienone is 1. The lowest BCUT2D eigenvalue weighted by Gasteiger charge is -2.48. The van der Waals surface area contributed by atoms with E-state index < -0.39 is 6.09 Å². The van der Waals surface area contributed by atoms with E-state index in [9.17, 15) is 14.7 Å². The fourth-order valence-electron chi connectivity index (χ4n) is 4.13. The number of carboxylic acid groups (broad SMARTS) is 1. The summed E-state index contributed by atoms with van der Waals surface area (Å²) < 4.78 is 0. The van der Waals surface area contributed by atoms with Crippen LogP contribution in [0.1, 0.15) is 44.9 Å². The van der Waals surface area contributed by atoms with Gasteiger partial charge >= 0.3 is 6.09 Å². The molecule has 1 aromatic rings. The van der Waals surface area contributed by atoms with Crippen molar-refractivity contribution in [1.82, 2.24) is 9.88 Å². The molecule has 1 aliphatic heterocycles. The third-order valence-corrected chi connectivity index (χ3v) is 5.33. The van der Waals surface area contributed by atoms with E-state index in [1.54, 1.807) is 6.20 Å².